The minimum Gasteiger partial charge on any atom is -1.00 e. The second-order valence-electron chi connectivity index (χ2n) is 3.16. The third-order valence-electron chi connectivity index (χ3n) is 2.18. The first kappa shape index (κ1) is 11.2. The topological polar surface area (TPSA) is 25.9 Å². The molecule has 4 heteroatoms. The number of rotatable bonds is 0. The lowest BCUT2D eigenvalue weighted by atomic mass is 10.2. The van der Waals surface area contributed by atoms with E-state index in [0.717, 1.165) is 10.9 Å². The molecule has 14 heavy (non-hydrogen) atoms. The molecule has 0 aliphatic heterocycles. The third kappa shape index (κ3) is 1.66. The molecule has 3 nitrogen and oxygen atoms in total. The number of hydrogen-bond donors (Lipinski definition) is 0. The predicted molar refractivity (Wildman–Crippen MR) is 50.4 cm³/mol. The molecule has 1 heterocycles. The number of benzene rings is 1. The average Bonchev–Trinajstić information content (AvgIpc) is 2.15. The number of nitrogens with zero attached hydrogens (tertiary/aromatic N) is 2. The molecule has 0 aliphatic carbocycles. The van der Waals surface area contributed by atoms with Crippen LogP contribution in [0, 0.1) is 0 Å². The zero-order valence-corrected chi connectivity index (χ0v) is 10.2. The van der Waals surface area contributed by atoms with Crippen molar-refractivity contribution < 1.29 is 28.5 Å². The van der Waals surface area contributed by atoms with Gasteiger partial charge in [-0.05, 0) is 12.1 Å². The lowest BCUT2D eigenvalue weighted by Crippen LogP contribution is -3.00. The highest BCUT2D eigenvalue weighted by molar-refractivity contribution is 5.73. The highest BCUT2D eigenvalue weighted by Crippen LogP contribution is 2.01. The molecule has 1 aromatic heterocycles. The lowest BCUT2D eigenvalue weighted by molar-refractivity contribution is -0.649. The van der Waals surface area contributed by atoms with Gasteiger partial charge in [0.15, 0.2) is 0 Å². The molecule has 0 bridgehead atoms. The fraction of sp³-hybridized carbons (Fsp3) is 0.200. The van der Waals surface area contributed by atoms with Crippen molar-refractivity contribution in [3.63, 3.8) is 0 Å². The van der Waals surface area contributed by atoms with E-state index in [1.807, 2.05) is 35.9 Å². The molecule has 1 aromatic carbocycles. The van der Waals surface area contributed by atoms with E-state index in [0.29, 0.717) is 0 Å². The summed E-state index contributed by atoms with van der Waals surface area (Å²) in [7, 11) is 3.69. The van der Waals surface area contributed by atoms with Crippen LogP contribution in [-0.2, 0) is 14.1 Å². The van der Waals surface area contributed by atoms with Gasteiger partial charge in [-0.25, -0.2) is 13.9 Å². The van der Waals surface area contributed by atoms with E-state index in [1.54, 1.807) is 17.9 Å². The number of para-hydroxylation sites is 1. The zero-order valence-electron chi connectivity index (χ0n) is 8.07. The van der Waals surface area contributed by atoms with Crippen molar-refractivity contribution in [3.8, 4) is 0 Å². The molecule has 74 valence electrons. The minimum atomic E-state index is 0. The molecular formula is C10H11IN2O. The van der Waals surface area contributed by atoms with Gasteiger partial charge in [0.05, 0.1) is 14.1 Å². The molecule has 0 N–H and O–H groups in total. The van der Waals surface area contributed by atoms with E-state index in [9.17, 15) is 4.79 Å². The average molecular weight is 302 g/mol. The largest absolute Gasteiger partial charge is 1.00 e. The summed E-state index contributed by atoms with van der Waals surface area (Å²) in [6.45, 7) is 0. The molecule has 2 rings (SSSR count). The first-order valence-electron chi connectivity index (χ1n) is 4.14. The maximum atomic E-state index is 11.6. The Bertz CT molecular complexity index is 519. The van der Waals surface area contributed by atoms with Gasteiger partial charge in [0, 0.05) is 0 Å². The van der Waals surface area contributed by atoms with E-state index in [4.69, 9.17) is 0 Å². The second kappa shape index (κ2) is 4.08. The van der Waals surface area contributed by atoms with Crippen molar-refractivity contribution in [2.24, 2.45) is 14.1 Å². The van der Waals surface area contributed by atoms with Crippen LogP contribution < -0.4 is 34.1 Å². The van der Waals surface area contributed by atoms with Crippen LogP contribution in [0.25, 0.3) is 10.9 Å². The summed E-state index contributed by atoms with van der Waals surface area (Å²) in [5, 5.41) is 0.759. The predicted octanol–water partition coefficient (Wildman–Crippen LogP) is -2.63. The summed E-state index contributed by atoms with van der Waals surface area (Å²) in [4.78, 5) is 11.6. The molecule has 0 aliphatic rings. The van der Waals surface area contributed by atoms with Crippen LogP contribution in [0.4, 0.5) is 0 Å². The van der Waals surface area contributed by atoms with Crippen LogP contribution in [0.15, 0.2) is 35.4 Å². The van der Waals surface area contributed by atoms with Gasteiger partial charge in [-0.2, -0.15) is 0 Å². The van der Waals surface area contributed by atoms with Gasteiger partial charge in [0.1, 0.15) is 10.9 Å². The summed E-state index contributed by atoms with van der Waals surface area (Å²) in [5.74, 6) is 0. The van der Waals surface area contributed by atoms with E-state index in [1.165, 1.54) is 0 Å². The lowest BCUT2D eigenvalue weighted by Gasteiger charge is -1.98. The van der Waals surface area contributed by atoms with E-state index >= 15 is 0 Å². The minimum absolute atomic E-state index is 0. The van der Waals surface area contributed by atoms with Gasteiger partial charge < -0.3 is 24.0 Å². The number of halogens is 1. The van der Waals surface area contributed by atoms with Gasteiger partial charge in [0.25, 0.3) is 0 Å². The molecule has 0 saturated heterocycles. The van der Waals surface area contributed by atoms with E-state index in [2.05, 4.69) is 0 Å². The molecule has 0 spiro atoms. The highest BCUT2D eigenvalue weighted by Gasteiger charge is 2.07. The quantitative estimate of drug-likeness (QED) is 0.386. The van der Waals surface area contributed by atoms with Crippen molar-refractivity contribution in [2.75, 3.05) is 0 Å². The van der Waals surface area contributed by atoms with Gasteiger partial charge in [0.2, 0.25) is 6.33 Å². The summed E-state index contributed by atoms with van der Waals surface area (Å²) in [6, 6.07) is 7.60. The molecular weight excluding hydrogens is 291 g/mol. The molecule has 0 atom stereocenters. The number of aromatic nitrogens is 2. The summed E-state index contributed by atoms with van der Waals surface area (Å²) >= 11 is 0. The summed E-state index contributed by atoms with van der Waals surface area (Å²) in [6.07, 6.45) is 1.78. The van der Waals surface area contributed by atoms with Crippen LogP contribution in [0.5, 0.6) is 0 Å². The Morgan fingerprint density at radius 2 is 1.93 bits per heavy atom. The fourth-order valence-corrected chi connectivity index (χ4v) is 1.53. The Morgan fingerprint density at radius 3 is 2.64 bits per heavy atom. The monoisotopic (exact) mass is 302 g/mol. The Balaban J connectivity index is 0.000000980. The Morgan fingerprint density at radius 1 is 1.29 bits per heavy atom. The number of hydrogen-bond acceptors (Lipinski definition) is 1. The van der Waals surface area contributed by atoms with Crippen LogP contribution in [0.3, 0.4) is 0 Å². The van der Waals surface area contributed by atoms with Gasteiger partial charge in [-0.15, -0.1) is 0 Å². The molecule has 0 amide bonds. The van der Waals surface area contributed by atoms with Gasteiger partial charge in [-0.1, -0.05) is 12.1 Å². The fourth-order valence-electron chi connectivity index (χ4n) is 1.53. The maximum Gasteiger partial charge on any atom is 0.344 e. The smallest absolute Gasteiger partial charge is 0.344 e. The Labute approximate surface area is 99.0 Å². The normalized spacial score (nSPS) is 9.86. The molecule has 0 unspecified atom stereocenters. The molecule has 2 aromatic rings. The van der Waals surface area contributed by atoms with E-state index < -0.39 is 0 Å². The summed E-state index contributed by atoms with van der Waals surface area (Å²) in [5.41, 5.74) is 1.01. The van der Waals surface area contributed by atoms with Crippen LogP contribution >= 0.6 is 0 Å². The molecule has 0 radical (unpaired) electrons. The Hall–Kier alpha value is -0.910. The van der Waals surface area contributed by atoms with E-state index in [-0.39, 0.29) is 29.5 Å². The van der Waals surface area contributed by atoms with Crippen LogP contribution in [0.2, 0.25) is 0 Å². The first-order valence-corrected chi connectivity index (χ1v) is 4.14. The summed E-state index contributed by atoms with van der Waals surface area (Å²) < 4.78 is 3.53. The second-order valence-corrected chi connectivity index (χ2v) is 3.16. The number of aryl methyl sites for hydroxylation is 2. The standard InChI is InChI=1S/C10H11N2O.HI/c1-11-7-12(2)10(13)8-5-3-4-6-9(8)11;/h3-7H,1-2H3;1H/q+1;/p-1. The van der Waals surface area contributed by atoms with Crippen LogP contribution in [-0.4, -0.2) is 4.57 Å². The first-order chi connectivity index (χ1) is 6.20. The van der Waals surface area contributed by atoms with Crippen molar-refractivity contribution in [1.29, 1.82) is 0 Å². The third-order valence-corrected chi connectivity index (χ3v) is 2.18. The van der Waals surface area contributed by atoms with Crippen molar-refractivity contribution >= 4 is 10.9 Å². The van der Waals surface area contributed by atoms with Gasteiger partial charge in [-0.3, -0.25) is 0 Å². The van der Waals surface area contributed by atoms with Crippen LogP contribution in [0.1, 0.15) is 0 Å². The maximum absolute atomic E-state index is 11.6. The van der Waals surface area contributed by atoms with Crippen molar-refractivity contribution in [2.45, 2.75) is 0 Å². The van der Waals surface area contributed by atoms with Crippen molar-refractivity contribution in [3.05, 3.63) is 40.9 Å². The molecule has 0 fully saturated rings. The Kier molecular flexibility index (Phi) is 3.25. The SMILES string of the molecule is Cn1c[n+](C)c2ccccc2c1=O.[I-]. The number of fused-ring (bicyclic) bond motifs is 1. The zero-order chi connectivity index (χ0) is 9.42. The van der Waals surface area contributed by atoms with Crippen molar-refractivity contribution in [1.82, 2.24) is 4.57 Å². The van der Waals surface area contributed by atoms with Gasteiger partial charge >= 0.3 is 5.56 Å². The molecule has 0 saturated carbocycles. The highest BCUT2D eigenvalue weighted by atomic mass is 127.